The van der Waals surface area contributed by atoms with E-state index in [1.54, 1.807) is 31.2 Å². The molecule has 0 spiro atoms. The van der Waals surface area contributed by atoms with Gasteiger partial charge in [-0.15, -0.1) is 0 Å². The minimum absolute atomic E-state index is 0.226. The lowest BCUT2D eigenvalue weighted by atomic mass is 10.2. The lowest BCUT2D eigenvalue weighted by Crippen LogP contribution is -2.14. The largest absolute Gasteiger partial charge is 0.278 e. The number of pyridine rings is 1. The third-order valence-corrected chi connectivity index (χ3v) is 4.53. The molecular weight excluding hydrogens is 296 g/mol. The van der Waals surface area contributed by atoms with E-state index < -0.39 is 10.0 Å². The summed E-state index contributed by atoms with van der Waals surface area (Å²) in [5, 5.41) is 0.331. The molecule has 0 radical (unpaired) electrons. The van der Waals surface area contributed by atoms with Crippen LogP contribution in [0, 0.1) is 6.92 Å². The number of sulfonamides is 1. The third-order valence-electron chi connectivity index (χ3n) is 2.94. The first kappa shape index (κ1) is 14.8. The number of benzene rings is 1. The van der Waals surface area contributed by atoms with Gasteiger partial charge in [-0.3, -0.25) is 4.72 Å². The summed E-state index contributed by atoms with van der Waals surface area (Å²) in [6, 6.07) is 9.96. The zero-order valence-corrected chi connectivity index (χ0v) is 12.8. The zero-order valence-electron chi connectivity index (χ0n) is 11.2. The molecule has 106 valence electrons. The van der Waals surface area contributed by atoms with Crippen LogP contribution < -0.4 is 4.72 Å². The molecule has 0 aliphatic heterocycles. The third kappa shape index (κ3) is 3.29. The topological polar surface area (TPSA) is 59.1 Å². The van der Waals surface area contributed by atoms with Gasteiger partial charge in [-0.25, -0.2) is 13.4 Å². The van der Waals surface area contributed by atoms with Gasteiger partial charge in [0, 0.05) is 0 Å². The summed E-state index contributed by atoms with van der Waals surface area (Å²) < 4.78 is 27.1. The Morgan fingerprint density at radius 2 is 1.80 bits per heavy atom. The molecule has 1 heterocycles. The van der Waals surface area contributed by atoms with E-state index in [2.05, 4.69) is 9.71 Å². The van der Waals surface area contributed by atoms with Crippen LogP contribution in [-0.4, -0.2) is 13.4 Å². The fourth-order valence-corrected chi connectivity index (χ4v) is 3.05. The monoisotopic (exact) mass is 310 g/mol. The van der Waals surface area contributed by atoms with E-state index in [1.807, 2.05) is 19.1 Å². The molecule has 0 bridgehead atoms. The van der Waals surface area contributed by atoms with Gasteiger partial charge < -0.3 is 0 Å². The van der Waals surface area contributed by atoms with Crippen LogP contribution in [-0.2, 0) is 16.4 Å². The first-order chi connectivity index (χ1) is 9.42. The maximum Gasteiger partial charge on any atom is 0.261 e. The molecule has 20 heavy (non-hydrogen) atoms. The second kappa shape index (κ2) is 5.81. The van der Waals surface area contributed by atoms with Crippen molar-refractivity contribution in [2.75, 3.05) is 4.72 Å². The van der Waals surface area contributed by atoms with E-state index in [9.17, 15) is 8.42 Å². The summed E-state index contributed by atoms with van der Waals surface area (Å²) in [5.41, 5.74) is 2.05. The lowest BCUT2D eigenvalue weighted by molar-refractivity contribution is 0.601. The van der Waals surface area contributed by atoms with Crippen molar-refractivity contribution in [2.45, 2.75) is 25.2 Å². The molecule has 2 rings (SSSR count). The zero-order chi connectivity index (χ0) is 14.8. The maximum atomic E-state index is 12.3. The number of hydrogen-bond donors (Lipinski definition) is 1. The highest BCUT2D eigenvalue weighted by Crippen LogP contribution is 2.20. The molecule has 1 aromatic carbocycles. The van der Waals surface area contributed by atoms with Crippen LogP contribution >= 0.6 is 11.6 Å². The number of nitrogens with one attached hydrogen (secondary N) is 1. The molecule has 1 aromatic heterocycles. The van der Waals surface area contributed by atoms with Crippen molar-refractivity contribution >= 4 is 27.3 Å². The van der Waals surface area contributed by atoms with Crippen LogP contribution in [0.15, 0.2) is 41.3 Å². The van der Waals surface area contributed by atoms with E-state index in [-0.39, 0.29) is 4.90 Å². The highest BCUT2D eigenvalue weighted by Gasteiger charge is 2.15. The molecule has 0 aliphatic carbocycles. The number of aryl methyl sites for hydroxylation is 2. The summed E-state index contributed by atoms with van der Waals surface area (Å²) in [4.78, 5) is 4.24. The van der Waals surface area contributed by atoms with Gasteiger partial charge in [-0.1, -0.05) is 30.7 Å². The predicted octanol–water partition coefficient (Wildman–Crippen LogP) is 3.41. The van der Waals surface area contributed by atoms with Gasteiger partial charge in [-0.05, 0) is 43.2 Å². The molecule has 0 unspecified atom stereocenters. The second-order valence-electron chi connectivity index (χ2n) is 4.37. The summed E-state index contributed by atoms with van der Waals surface area (Å²) >= 11 is 5.75. The number of nitrogens with zero attached hydrogens (tertiary/aromatic N) is 1. The molecule has 1 N–H and O–H groups in total. The standard InChI is InChI=1S/C14H15ClN2O2S/c1-3-11-4-6-12(7-5-11)20(18,19)17-13-8-9-14(15)16-10(13)2/h4-9,17H,3H2,1-2H3. The van der Waals surface area contributed by atoms with E-state index in [1.165, 1.54) is 0 Å². The van der Waals surface area contributed by atoms with Gasteiger partial charge in [0.1, 0.15) is 5.15 Å². The molecule has 0 saturated carbocycles. The highest BCUT2D eigenvalue weighted by molar-refractivity contribution is 7.92. The Hall–Kier alpha value is -1.59. The molecule has 0 atom stereocenters. The van der Waals surface area contributed by atoms with Gasteiger partial charge >= 0.3 is 0 Å². The number of hydrogen-bond acceptors (Lipinski definition) is 3. The Labute approximate surface area is 123 Å². The first-order valence-electron chi connectivity index (χ1n) is 6.17. The normalized spacial score (nSPS) is 11.3. The van der Waals surface area contributed by atoms with Gasteiger partial charge in [0.05, 0.1) is 16.3 Å². The average molecular weight is 311 g/mol. The Balaban J connectivity index is 2.30. The molecule has 0 saturated heterocycles. The van der Waals surface area contributed by atoms with Crippen LogP contribution in [0.25, 0.3) is 0 Å². The first-order valence-corrected chi connectivity index (χ1v) is 8.03. The predicted molar refractivity (Wildman–Crippen MR) is 80.6 cm³/mol. The van der Waals surface area contributed by atoms with Crippen molar-refractivity contribution in [3.05, 3.63) is 52.8 Å². The molecular formula is C14H15ClN2O2S. The van der Waals surface area contributed by atoms with Crippen LogP contribution in [0.3, 0.4) is 0 Å². The molecule has 0 fully saturated rings. The van der Waals surface area contributed by atoms with Crippen LogP contribution in [0.1, 0.15) is 18.2 Å². The summed E-state index contributed by atoms with van der Waals surface area (Å²) in [5.74, 6) is 0. The Morgan fingerprint density at radius 1 is 1.15 bits per heavy atom. The van der Waals surface area contributed by atoms with Gasteiger partial charge in [0.25, 0.3) is 10.0 Å². The van der Waals surface area contributed by atoms with E-state index in [0.29, 0.717) is 16.5 Å². The highest BCUT2D eigenvalue weighted by atomic mass is 35.5. The van der Waals surface area contributed by atoms with Crippen molar-refractivity contribution < 1.29 is 8.42 Å². The molecule has 2 aromatic rings. The number of aromatic nitrogens is 1. The molecule has 0 aliphatic rings. The lowest BCUT2D eigenvalue weighted by Gasteiger charge is -2.10. The quantitative estimate of drug-likeness (QED) is 0.880. The minimum Gasteiger partial charge on any atom is -0.278 e. The minimum atomic E-state index is -3.61. The smallest absolute Gasteiger partial charge is 0.261 e. The van der Waals surface area contributed by atoms with Crippen molar-refractivity contribution in [3.63, 3.8) is 0 Å². The Kier molecular flexibility index (Phi) is 4.30. The fourth-order valence-electron chi connectivity index (χ4n) is 1.75. The van der Waals surface area contributed by atoms with Crippen molar-refractivity contribution in [1.29, 1.82) is 0 Å². The van der Waals surface area contributed by atoms with Gasteiger partial charge in [-0.2, -0.15) is 0 Å². The van der Waals surface area contributed by atoms with Crippen LogP contribution in [0.4, 0.5) is 5.69 Å². The SMILES string of the molecule is CCc1ccc(S(=O)(=O)Nc2ccc(Cl)nc2C)cc1. The average Bonchev–Trinajstić information content (AvgIpc) is 2.42. The van der Waals surface area contributed by atoms with Crippen LogP contribution in [0.5, 0.6) is 0 Å². The van der Waals surface area contributed by atoms with Gasteiger partial charge in [0.15, 0.2) is 0 Å². The summed E-state index contributed by atoms with van der Waals surface area (Å²) in [6.45, 7) is 3.72. The van der Waals surface area contributed by atoms with E-state index in [4.69, 9.17) is 11.6 Å². The van der Waals surface area contributed by atoms with Gasteiger partial charge in [0.2, 0.25) is 0 Å². The van der Waals surface area contributed by atoms with E-state index >= 15 is 0 Å². The molecule has 4 nitrogen and oxygen atoms in total. The van der Waals surface area contributed by atoms with Crippen molar-refractivity contribution in [2.24, 2.45) is 0 Å². The molecule has 6 heteroatoms. The Morgan fingerprint density at radius 3 is 2.35 bits per heavy atom. The van der Waals surface area contributed by atoms with Crippen molar-refractivity contribution in [3.8, 4) is 0 Å². The second-order valence-corrected chi connectivity index (χ2v) is 6.44. The van der Waals surface area contributed by atoms with Crippen LogP contribution in [0.2, 0.25) is 5.15 Å². The van der Waals surface area contributed by atoms with Crippen molar-refractivity contribution in [1.82, 2.24) is 4.98 Å². The fraction of sp³-hybridized carbons (Fsp3) is 0.214. The maximum absolute atomic E-state index is 12.3. The Bertz CT molecular complexity index is 712. The van der Waals surface area contributed by atoms with E-state index in [0.717, 1.165) is 12.0 Å². The summed E-state index contributed by atoms with van der Waals surface area (Å²) in [6.07, 6.45) is 0.869. The molecule has 0 amide bonds. The number of anilines is 1. The summed E-state index contributed by atoms with van der Waals surface area (Å²) in [7, 11) is -3.61. The number of rotatable bonds is 4. The number of halogens is 1.